The third kappa shape index (κ3) is 3.54. The number of carboxylic acid groups (broad SMARTS) is 2. The molecule has 1 aromatic carbocycles. The van der Waals surface area contributed by atoms with Gasteiger partial charge in [0, 0.05) is 5.56 Å². The minimum absolute atomic E-state index is 0. The molecule has 0 bridgehead atoms. The summed E-state index contributed by atoms with van der Waals surface area (Å²) < 4.78 is 31.4. The van der Waals surface area contributed by atoms with Gasteiger partial charge in [0.05, 0.1) is 11.5 Å². The van der Waals surface area contributed by atoms with Crippen molar-refractivity contribution in [3.8, 4) is 0 Å². The van der Waals surface area contributed by atoms with E-state index >= 15 is 0 Å². The molecule has 0 amide bonds. The Morgan fingerprint density at radius 1 is 1.16 bits per heavy atom. The minimum Gasteiger partial charge on any atom is -0.545 e. The molecule has 0 radical (unpaired) electrons. The molecule has 0 aromatic heterocycles. The Balaban J connectivity index is 0.00000324. The molecule has 0 saturated carbocycles. The van der Waals surface area contributed by atoms with Gasteiger partial charge in [-0.25, -0.2) is 4.79 Å². The third-order valence-corrected chi connectivity index (χ3v) is 3.61. The number of benzene rings is 1. The maximum Gasteiger partial charge on any atom is 1.00 e. The largest absolute Gasteiger partial charge is 1.00 e. The van der Waals surface area contributed by atoms with Gasteiger partial charge in [0.2, 0.25) is 0 Å². The van der Waals surface area contributed by atoms with Gasteiger partial charge in [-0.15, -0.1) is 0 Å². The summed E-state index contributed by atoms with van der Waals surface area (Å²) in [4.78, 5) is 21.0. The normalized spacial score (nSPS) is 10.7. The quantitative estimate of drug-likeness (QED) is 0.439. The number of carbonyl (C=O) groups excluding carboxylic acids is 1. The minimum atomic E-state index is -4.73. The average molecular weight is 296 g/mol. The molecule has 0 saturated heterocycles. The first-order chi connectivity index (χ1) is 8.07. The van der Waals surface area contributed by atoms with E-state index in [1.807, 2.05) is 0 Å². The second kappa shape index (κ2) is 6.02. The molecule has 7 nitrogen and oxygen atoms in total. The molecule has 0 spiro atoms. The van der Waals surface area contributed by atoms with Crippen LogP contribution in [0.4, 0.5) is 0 Å². The van der Waals surface area contributed by atoms with Gasteiger partial charge in [-0.2, -0.15) is 8.42 Å². The fraction of sp³-hybridized carbons (Fsp3) is 0.200. The van der Waals surface area contributed by atoms with Crippen molar-refractivity contribution < 1.29 is 62.3 Å². The van der Waals surface area contributed by atoms with Gasteiger partial charge in [0.25, 0.3) is 10.1 Å². The van der Waals surface area contributed by atoms with Crippen LogP contribution in [0.5, 0.6) is 0 Å². The summed E-state index contributed by atoms with van der Waals surface area (Å²) in [6, 6.07) is 0.803. The zero-order valence-corrected chi connectivity index (χ0v) is 13.2. The molecule has 1 rings (SSSR count). The molecule has 0 aliphatic heterocycles. The second-order valence-corrected chi connectivity index (χ2v) is 4.98. The van der Waals surface area contributed by atoms with Gasteiger partial charge in [-0.1, -0.05) is 0 Å². The van der Waals surface area contributed by atoms with Crippen LogP contribution in [0.2, 0.25) is 0 Å². The first kappa shape index (κ1) is 18.1. The van der Waals surface area contributed by atoms with Crippen molar-refractivity contribution in [2.24, 2.45) is 0 Å². The number of aromatic carboxylic acids is 2. The standard InChI is InChI=1S/C10H10O7S.Na/c1-4-6(9(11)12)3-7(10(13)14)5(2)8(4)18(15,16)17;/h3H,1-2H3,(H,11,12)(H,13,14)(H,15,16,17);/q;+1/p-1. The van der Waals surface area contributed by atoms with Crippen LogP contribution in [0, 0.1) is 13.8 Å². The zero-order chi connectivity index (χ0) is 14.2. The van der Waals surface area contributed by atoms with E-state index in [-0.39, 0.29) is 40.7 Å². The molecule has 0 unspecified atom stereocenters. The summed E-state index contributed by atoms with van der Waals surface area (Å²) in [6.07, 6.45) is 0. The van der Waals surface area contributed by atoms with Crippen LogP contribution in [0.1, 0.15) is 31.8 Å². The number of hydrogen-bond donors (Lipinski definition) is 2. The van der Waals surface area contributed by atoms with Crippen LogP contribution in [0.3, 0.4) is 0 Å². The molecule has 0 atom stereocenters. The Hall–Kier alpha value is -0.930. The predicted octanol–water partition coefficient (Wildman–Crippen LogP) is -3.38. The predicted molar refractivity (Wildman–Crippen MR) is 57.0 cm³/mol. The first-order valence-corrected chi connectivity index (χ1v) is 6.07. The first-order valence-electron chi connectivity index (χ1n) is 4.63. The van der Waals surface area contributed by atoms with E-state index in [1.165, 1.54) is 6.92 Å². The Bertz CT molecular complexity index is 610. The number of hydrogen-bond acceptors (Lipinski definition) is 5. The van der Waals surface area contributed by atoms with Crippen molar-refractivity contribution >= 4 is 22.1 Å². The van der Waals surface area contributed by atoms with Gasteiger partial charge in [-0.05, 0) is 31.0 Å². The number of carboxylic acids is 2. The molecular weight excluding hydrogens is 287 g/mol. The molecular formula is C10H9NaO7S. The summed E-state index contributed by atoms with van der Waals surface area (Å²) in [6.45, 7) is 2.31. The fourth-order valence-electron chi connectivity index (χ4n) is 1.71. The van der Waals surface area contributed by atoms with E-state index in [4.69, 9.17) is 9.66 Å². The van der Waals surface area contributed by atoms with Crippen molar-refractivity contribution in [3.05, 3.63) is 28.3 Å². The SMILES string of the molecule is Cc1c(C(=O)[O-])cc(C(=O)O)c(C)c1S(=O)(=O)O.[Na+]. The second-order valence-electron chi connectivity index (χ2n) is 3.62. The summed E-state index contributed by atoms with van der Waals surface area (Å²) >= 11 is 0. The van der Waals surface area contributed by atoms with Gasteiger partial charge >= 0.3 is 35.5 Å². The topological polar surface area (TPSA) is 132 Å². The summed E-state index contributed by atoms with van der Waals surface area (Å²) in [5.41, 5.74) is -1.61. The maximum absolute atomic E-state index is 11.2. The zero-order valence-electron chi connectivity index (χ0n) is 10.4. The summed E-state index contributed by atoms with van der Waals surface area (Å²) in [5.74, 6) is -3.22. The van der Waals surface area contributed by atoms with E-state index in [0.29, 0.717) is 0 Å². The van der Waals surface area contributed by atoms with Gasteiger partial charge in [-0.3, -0.25) is 4.55 Å². The monoisotopic (exact) mass is 296 g/mol. The Morgan fingerprint density at radius 2 is 1.58 bits per heavy atom. The molecule has 9 heteroatoms. The van der Waals surface area contributed by atoms with Crippen LogP contribution < -0.4 is 34.7 Å². The van der Waals surface area contributed by atoms with E-state index in [9.17, 15) is 23.1 Å². The summed E-state index contributed by atoms with van der Waals surface area (Å²) in [7, 11) is -4.73. The number of carbonyl (C=O) groups is 2. The molecule has 98 valence electrons. The average Bonchev–Trinajstić information content (AvgIpc) is 2.13. The van der Waals surface area contributed by atoms with Crippen molar-refractivity contribution in [1.29, 1.82) is 0 Å². The van der Waals surface area contributed by atoms with Crippen LogP contribution in [0.25, 0.3) is 0 Å². The molecule has 0 aliphatic carbocycles. The van der Waals surface area contributed by atoms with Gasteiger partial charge < -0.3 is 15.0 Å². The van der Waals surface area contributed by atoms with Gasteiger partial charge in [0.15, 0.2) is 0 Å². The molecule has 0 heterocycles. The molecule has 1 aromatic rings. The van der Waals surface area contributed by atoms with Crippen LogP contribution in [0.15, 0.2) is 11.0 Å². The fourth-order valence-corrected chi connectivity index (χ4v) is 2.70. The van der Waals surface area contributed by atoms with E-state index < -0.39 is 38.1 Å². The Kier molecular flexibility index (Phi) is 5.72. The van der Waals surface area contributed by atoms with Gasteiger partial charge in [0.1, 0.15) is 4.90 Å². The van der Waals surface area contributed by atoms with Crippen molar-refractivity contribution in [1.82, 2.24) is 0 Å². The molecule has 2 N–H and O–H groups in total. The van der Waals surface area contributed by atoms with E-state index in [0.717, 1.165) is 13.0 Å². The van der Waals surface area contributed by atoms with Crippen LogP contribution in [-0.4, -0.2) is 30.0 Å². The number of rotatable bonds is 3. The smallest absolute Gasteiger partial charge is 0.545 e. The van der Waals surface area contributed by atoms with E-state index in [2.05, 4.69) is 0 Å². The third-order valence-electron chi connectivity index (χ3n) is 2.49. The van der Waals surface area contributed by atoms with Crippen LogP contribution in [-0.2, 0) is 10.1 Å². The molecule has 0 fully saturated rings. The maximum atomic E-state index is 11.2. The van der Waals surface area contributed by atoms with Crippen molar-refractivity contribution in [3.63, 3.8) is 0 Å². The Labute approximate surface area is 131 Å². The molecule has 0 aliphatic rings. The van der Waals surface area contributed by atoms with Crippen molar-refractivity contribution in [2.45, 2.75) is 18.7 Å². The van der Waals surface area contributed by atoms with E-state index in [1.54, 1.807) is 0 Å². The van der Waals surface area contributed by atoms with Crippen LogP contribution >= 0.6 is 0 Å². The molecule has 19 heavy (non-hydrogen) atoms. The summed E-state index contributed by atoms with van der Waals surface area (Å²) in [5, 5.41) is 19.7. The Morgan fingerprint density at radius 3 is 1.89 bits per heavy atom. The van der Waals surface area contributed by atoms with Crippen molar-refractivity contribution in [2.75, 3.05) is 0 Å².